The van der Waals surface area contributed by atoms with E-state index >= 15 is 0 Å². The number of carbonyl (C=O) groups excluding carboxylic acids is 3. The zero-order valence-corrected chi connectivity index (χ0v) is 15.9. The smallest absolute Gasteiger partial charge is 0.241 e. The van der Waals surface area contributed by atoms with Crippen molar-refractivity contribution in [3.05, 3.63) is 35.6 Å². The van der Waals surface area contributed by atoms with E-state index in [2.05, 4.69) is 10.6 Å². The summed E-state index contributed by atoms with van der Waals surface area (Å²) in [5, 5.41) is 5.30. The standard InChI is InChI=1S/C18H25FN4O3.ClH/c19-15-5-1-3-13(9-15)10-16(24)22-11-17(25)23-8-2-4-14(12-23)18(26)21-7-6-20;/h1,3,5,9,14H,2,4,6-8,10-12,20H2,(H,21,26)(H,22,24);1H. The molecule has 1 aromatic carbocycles. The lowest BCUT2D eigenvalue weighted by molar-refractivity contribution is -0.136. The van der Waals surface area contributed by atoms with Crippen molar-refractivity contribution in [2.24, 2.45) is 11.7 Å². The van der Waals surface area contributed by atoms with Gasteiger partial charge in [-0.2, -0.15) is 0 Å². The second-order valence-electron chi connectivity index (χ2n) is 6.34. The van der Waals surface area contributed by atoms with E-state index in [1.807, 2.05) is 0 Å². The minimum absolute atomic E-state index is 0. The van der Waals surface area contributed by atoms with Crippen LogP contribution in [0, 0.1) is 11.7 Å². The summed E-state index contributed by atoms with van der Waals surface area (Å²) >= 11 is 0. The van der Waals surface area contributed by atoms with Crippen molar-refractivity contribution < 1.29 is 18.8 Å². The maximum Gasteiger partial charge on any atom is 0.241 e. The Labute approximate surface area is 164 Å². The molecule has 0 bridgehead atoms. The van der Waals surface area contributed by atoms with Gasteiger partial charge in [0.05, 0.1) is 18.9 Å². The lowest BCUT2D eigenvalue weighted by Crippen LogP contribution is -2.48. The van der Waals surface area contributed by atoms with Gasteiger partial charge in [-0.25, -0.2) is 4.39 Å². The molecule has 9 heteroatoms. The van der Waals surface area contributed by atoms with Gasteiger partial charge in [0, 0.05) is 26.2 Å². The van der Waals surface area contributed by atoms with Gasteiger partial charge in [0.2, 0.25) is 17.7 Å². The molecule has 0 aliphatic carbocycles. The van der Waals surface area contributed by atoms with Gasteiger partial charge in [-0.3, -0.25) is 14.4 Å². The van der Waals surface area contributed by atoms with Crippen LogP contribution in [0.25, 0.3) is 0 Å². The van der Waals surface area contributed by atoms with Crippen LogP contribution >= 0.6 is 12.4 Å². The van der Waals surface area contributed by atoms with Gasteiger partial charge in [0.1, 0.15) is 5.82 Å². The van der Waals surface area contributed by atoms with Crippen molar-refractivity contribution >= 4 is 30.1 Å². The Morgan fingerprint density at radius 3 is 2.74 bits per heavy atom. The van der Waals surface area contributed by atoms with Crippen molar-refractivity contribution in [1.29, 1.82) is 0 Å². The zero-order chi connectivity index (χ0) is 18.9. The molecular formula is C18H26ClFN4O3. The summed E-state index contributed by atoms with van der Waals surface area (Å²) < 4.78 is 13.1. The number of nitrogens with one attached hydrogen (secondary N) is 2. The van der Waals surface area contributed by atoms with Gasteiger partial charge in [0.15, 0.2) is 0 Å². The second kappa shape index (κ2) is 11.5. The molecule has 0 radical (unpaired) electrons. The molecule has 7 nitrogen and oxygen atoms in total. The molecule has 1 aromatic rings. The Hall–Kier alpha value is -2.19. The highest BCUT2D eigenvalue weighted by Crippen LogP contribution is 2.16. The third-order valence-electron chi connectivity index (χ3n) is 4.28. The summed E-state index contributed by atoms with van der Waals surface area (Å²) in [6.07, 6.45) is 1.48. The molecule has 1 unspecified atom stereocenters. The second-order valence-corrected chi connectivity index (χ2v) is 6.34. The van der Waals surface area contributed by atoms with Crippen LogP contribution in [-0.2, 0) is 20.8 Å². The lowest BCUT2D eigenvalue weighted by atomic mass is 9.97. The third kappa shape index (κ3) is 7.52. The molecule has 1 aliphatic rings. The molecule has 1 aliphatic heterocycles. The van der Waals surface area contributed by atoms with E-state index in [1.54, 1.807) is 11.0 Å². The van der Waals surface area contributed by atoms with Crippen LogP contribution in [0.3, 0.4) is 0 Å². The average molecular weight is 401 g/mol. The molecule has 150 valence electrons. The molecule has 1 atom stereocenters. The van der Waals surface area contributed by atoms with Gasteiger partial charge in [-0.15, -0.1) is 12.4 Å². The maximum absolute atomic E-state index is 13.1. The molecule has 2 rings (SSSR count). The number of halogens is 2. The number of hydrogen-bond acceptors (Lipinski definition) is 4. The number of nitrogens with zero attached hydrogens (tertiary/aromatic N) is 1. The summed E-state index contributed by atoms with van der Waals surface area (Å²) in [6, 6.07) is 5.78. The van der Waals surface area contributed by atoms with Gasteiger partial charge in [-0.05, 0) is 30.5 Å². The highest BCUT2D eigenvalue weighted by molar-refractivity contribution is 5.86. The Balaban J connectivity index is 0.00000364. The minimum Gasteiger partial charge on any atom is -0.355 e. The number of likely N-dealkylation sites (tertiary alicyclic amines) is 1. The van der Waals surface area contributed by atoms with Crippen molar-refractivity contribution in [3.63, 3.8) is 0 Å². The zero-order valence-electron chi connectivity index (χ0n) is 15.1. The number of piperidine rings is 1. The van der Waals surface area contributed by atoms with Crippen molar-refractivity contribution in [1.82, 2.24) is 15.5 Å². The molecule has 4 N–H and O–H groups in total. The number of benzene rings is 1. The molecule has 3 amide bonds. The Bertz CT molecular complexity index is 659. The summed E-state index contributed by atoms with van der Waals surface area (Å²) in [5.41, 5.74) is 5.92. The van der Waals surface area contributed by atoms with E-state index in [0.29, 0.717) is 31.7 Å². The Morgan fingerprint density at radius 2 is 2.04 bits per heavy atom. The van der Waals surface area contributed by atoms with E-state index < -0.39 is 5.82 Å². The maximum atomic E-state index is 13.1. The highest BCUT2D eigenvalue weighted by Gasteiger charge is 2.28. The van der Waals surface area contributed by atoms with Crippen LogP contribution in [0.4, 0.5) is 4.39 Å². The van der Waals surface area contributed by atoms with Crippen LogP contribution in [0.15, 0.2) is 24.3 Å². The lowest BCUT2D eigenvalue weighted by Gasteiger charge is -2.32. The molecule has 1 heterocycles. The summed E-state index contributed by atoms with van der Waals surface area (Å²) in [6.45, 7) is 1.57. The number of amides is 3. The highest BCUT2D eigenvalue weighted by atomic mass is 35.5. The number of rotatable bonds is 7. The van der Waals surface area contributed by atoms with Crippen LogP contribution in [0.5, 0.6) is 0 Å². The number of hydrogen-bond donors (Lipinski definition) is 3. The molecule has 1 saturated heterocycles. The topological polar surface area (TPSA) is 105 Å². The van der Waals surface area contributed by atoms with Crippen molar-refractivity contribution in [2.45, 2.75) is 19.3 Å². The first-order valence-corrected chi connectivity index (χ1v) is 8.76. The molecular weight excluding hydrogens is 375 g/mol. The van der Waals surface area contributed by atoms with E-state index in [-0.39, 0.29) is 49.0 Å². The molecule has 1 fully saturated rings. The Morgan fingerprint density at radius 1 is 1.26 bits per heavy atom. The fourth-order valence-corrected chi connectivity index (χ4v) is 2.94. The van der Waals surface area contributed by atoms with Crippen molar-refractivity contribution in [3.8, 4) is 0 Å². The summed E-state index contributed by atoms with van der Waals surface area (Å²) in [4.78, 5) is 37.8. The van der Waals surface area contributed by atoms with Crippen molar-refractivity contribution in [2.75, 3.05) is 32.7 Å². The van der Waals surface area contributed by atoms with Crippen LogP contribution in [0.1, 0.15) is 18.4 Å². The Kier molecular flexibility index (Phi) is 9.74. The van der Waals surface area contributed by atoms with E-state index in [0.717, 1.165) is 12.8 Å². The fourth-order valence-electron chi connectivity index (χ4n) is 2.94. The first-order valence-electron chi connectivity index (χ1n) is 8.76. The van der Waals surface area contributed by atoms with Crippen LogP contribution in [0.2, 0.25) is 0 Å². The first kappa shape index (κ1) is 22.9. The first-order chi connectivity index (χ1) is 12.5. The van der Waals surface area contributed by atoms with Crippen LogP contribution < -0.4 is 16.4 Å². The quantitative estimate of drug-likeness (QED) is 0.609. The van der Waals surface area contributed by atoms with Crippen LogP contribution in [-0.4, -0.2) is 55.3 Å². The van der Waals surface area contributed by atoms with Gasteiger partial charge in [-0.1, -0.05) is 12.1 Å². The molecule has 0 spiro atoms. The predicted octanol–water partition coefficient (Wildman–Crippen LogP) is 0.220. The average Bonchev–Trinajstić information content (AvgIpc) is 2.64. The summed E-state index contributed by atoms with van der Waals surface area (Å²) in [7, 11) is 0. The monoisotopic (exact) mass is 400 g/mol. The molecule has 0 saturated carbocycles. The van der Waals surface area contributed by atoms with Gasteiger partial charge in [0.25, 0.3) is 0 Å². The third-order valence-corrected chi connectivity index (χ3v) is 4.28. The van der Waals surface area contributed by atoms with Gasteiger partial charge >= 0.3 is 0 Å². The number of carbonyl (C=O) groups is 3. The van der Waals surface area contributed by atoms with E-state index in [4.69, 9.17) is 5.73 Å². The fraction of sp³-hybridized carbons (Fsp3) is 0.500. The van der Waals surface area contributed by atoms with E-state index in [9.17, 15) is 18.8 Å². The predicted molar refractivity (Wildman–Crippen MR) is 102 cm³/mol. The minimum atomic E-state index is -0.404. The normalized spacial score (nSPS) is 16.2. The largest absolute Gasteiger partial charge is 0.355 e. The molecule has 27 heavy (non-hydrogen) atoms. The van der Waals surface area contributed by atoms with Gasteiger partial charge < -0.3 is 21.3 Å². The number of nitrogens with two attached hydrogens (primary N) is 1. The van der Waals surface area contributed by atoms with E-state index in [1.165, 1.54) is 18.2 Å². The summed E-state index contributed by atoms with van der Waals surface area (Å²) in [5.74, 6) is -1.32. The SMILES string of the molecule is Cl.NCCNC(=O)C1CCCN(C(=O)CNC(=O)Cc2cccc(F)c2)C1. The molecule has 0 aromatic heterocycles.